The third-order valence-corrected chi connectivity index (χ3v) is 7.53. The summed E-state index contributed by atoms with van der Waals surface area (Å²) in [6.45, 7) is 3.62. The first-order chi connectivity index (χ1) is 18.2. The number of aryl methyl sites for hydroxylation is 2. The molecule has 0 amide bonds. The second-order valence-electron chi connectivity index (χ2n) is 9.63. The van der Waals surface area contributed by atoms with Gasteiger partial charge in [-0.3, -0.25) is 4.79 Å². The maximum Gasteiger partial charge on any atom is 0.433 e. The first-order valence-electron chi connectivity index (χ1n) is 12.3. The number of hydrogen-bond acceptors (Lipinski definition) is 4. The molecule has 39 heavy (non-hydrogen) atoms. The number of fused-ring (bicyclic) bond motifs is 1. The Morgan fingerprint density at radius 1 is 0.974 bits per heavy atom. The van der Waals surface area contributed by atoms with Crippen molar-refractivity contribution in [1.29, 1.82) is 0 Å². The van der Waals surface area contributed by atoms with Crippen LogP contribution in [0.5, 0.6) is 0 Å². The molecule has 2 aromatic carbocycles. The Labute approximate surface area is 221 Å². The number of halogens is 6. The Balaban J connectivity index is 2.01. The van der Waals surface area contributed by atoms with E-state index in [9.17, 15) is 35.9 Å². The largest absolute Gasteiger partial charge is 0.466 e. The fraction of sp³-hybridized carbons (Fsp3) is 0.379. The molecule has 0 spiro atoms. The minimum atomic E-state index is -5.22. The number of methoxy groups -OCH3 is 1. The van der Waals surface area contributed by atoms with Gasteiger partial charge < -0.3 is 9.47 Å². The van der Waals surface area contributed by atoms with Crippen molar-refractivity contribution in [3.05, 3.63) is 88.5 Å². The summed E-state index contributed by atoms with van der Waals surface area (Å²) in [6, 6.07) is 10.5. The third kappa shape index (κ3) is 4.63. The molecule has 1 aliphatic carbocycles. The Hall–Kier alpha value is -3.56. The summed E-state index contributed by atoms with van der Waals surface area (Å²) in [5.74, 6) is -4.51. The number of benzene rings is 2. The predicted molar refractivity (Wildman–Crippen MR) is 130 cm³/mol. The topological polar surface area (TPSA) is 52.6 Å². The van der Waals surface area contributed by atoms with Crippen LogP contribution >= 0.6 is 0 Å². The Morgan fingerprint density at radius 3 is 1.97 bits per heavy atom. The minimum absolute atomic E-state index is 0.336. The van der Waals surface area contributed by atoms with Crippen LogP contribution in [-0.4, -0.2) is 31.4 Å². The molecule has 1 aliphatic heterocycles. The lowest BCUT2D eigenvalue weighted by molar-refractivity contribution is -0.278. The van der Waals surface area contributed by atoms with Gasteiger partial charge in [0.15, 0.2) is 0 Å². The van der Waals surface area contributed by atoms with E-state index in [4.69, 9.17) is 4.74 Å². The van der Waals surface area contributed by atoms with Crippen molar-refractivity contribution < 1.29 is 45.4 Å². The van der Waals surface area contributed by atoms with Crippen molar-refractivity contribution in [3.63, 3.8) is 0 Å². The lowest BCUT2D eigenvalue weighted by atomic mass is 9.68. The van der Waals surface area contributed by atoms with E-state index >= 15 is 0 Å². The van der Waals surface area contributed by atoms with Gasteiger partial charge in [0.25, 0.3) is 0 Å². The van der Waals surface area contributed by atoms with E-state index < -0.39 is 58.8 Å². The van der Waals surface area contributed by atoms with Crippen LogP contribution in [0.3, 0.4) is 0 Å². The first kappa shape index (κ1) is 28.4. The van der Waals surface area contributed by atoms with Gasteiger partial charge in [-0.05, 0) is 36.0 Å². The molecule has 0 N–H and O–H groups in total. The summed E-state index contributed by atoms with van der Waals surface area (Å²) in [5, 5.41) is 0. The van der Waals surface area contributed by atoms with Gasteiger partial charge in [0.2, 0.25) is 5.60 Å². The van der Waals surface area contributed by atoms with E-state index in [0.29, 0.717) is 24.5 Å². The lowest BCUT2D eigenvalue weighted by Crippen LogP contribution is -2.48. The van der Waals surface area contributed by atoms with Crippen LogP contribution in [0.25, 0.3) is 5.57 Å². The zero-order chi connectivity index (χ0) is 28.8. The number of hydrogen-bond donors (Lipinski definition) is 0. The van der Waals surface area contributed by atoms with Gasteiger partial charge in [-0.15, -0.1) is 0 Å². The zero-order valence-corrected chi connectivity index (χ0v) is 21.4. The van der Waals surface area contributed by atoms with Gasteiger partial charge in [0, 0.05) is 17.1 Å². The van der Waals surface area contributed by atoms with Gasteiger partial charge in [-0.25, -0.2) is 4.79 Å². The number of esters is 2. The van der Waals surface area contributed by atoms with Crippen LogP contribution in [0.15, 0.2) is 66.3 Å². The van der Waals surface area contributed by atoms with Crippen LogP contribution in [0, 0.1) is 11.3 Å². The van der Waals surface area contributed by atoms with E-state index in [1.54, 1.807) is 6.92 Å². The average Bonchev–Trinajstić information content (AvgIpc) is 3.40. The Bertz CT molecular complexity index is 1320. The number of allylic oxidation sites excluding steroid dienone is 1. The average molecular weight is 553 g/mol. The van der Waals surface area contributed by atoms with Gasteiger partial charge in [0.05, 0.1) is 12.7 Å². The predicted octanol–water partition coefficient (Wildman–Crippen LogP) is 6.88. The molecule has 1 fully saturated rings. The first-order valence-corrected chi connectivity index (χ1v) is 12.3. The quantitative estimate of drug-likeness (QED) is 0.290. The van der Waals surface area contributed by atoms with E-state index in [-0.39, 0.29) is 11.1 Å². The second kappa shape index (κ2) is 9.88. The maximum atomic E-state index is 15.0. The number of alkyl halides is 6. The highest BCUT2D eigenvalue weighted by molar-refractivity contribution is 5.96. The third-order valence-electron chi connectivity index (χ3n) is 7.53. The van der Waals surface area contributed by atoms with Gasteiger partial charge >= 0.3 is 24.3 Å². The molecule has 0 unspecified atom stereocenters. The molecule has 3 atom stereocenters. The van der Waals surface area contributed by atoms with Crippen molar-refractivity contribution in [3.8, 4) is 0 Å². The molecular formula is C29H26F6O4. The molecule has 0 aromatic heterocycles. The number of carbonyl (C=O) groups excluding carboxylic acids is 2. The van der Waals surface area contributed by atoms with Crippen molar-refractivity contribution in [2.24, 2.45) is 11.3 Å². The van der Waals surface area contributed by atoms with Gasteiger partial charge in [-0.1, -0.05) is 74.5 Å². The highest BCUT2D eigenvalue weighted by Gasteiger charge is 2.76. The monoisotopic (exact) mass is 552 g/mol. The number of carbonyl (C=O) groups is 2. The molecule has 1 heterocycles. The number of cyclic esters (lactones) is 1. The highest BCUT2D eigenvalue weighted by atomic mass is 19.4. The molecule has 4 rings (SSSR count). The van der Waals surface area contributed by atoms with Crippen molar-refractivity contribution in [1.82, 2.24) is 0 Å². The standard InChI is InChI=1S/C29H26F6O4/c1-4-17-6-10-19(11-7-17)22(28(30,31)32)16-26-15-20(24(36)38-3)14-23(26)27(29(33,34)35,39-25(26)37)21-12-8-18(5-2)9-13-21/h6-13,15-16,23H,4-5,14H2,1-3H3/b22-16+/t23-,26-,27-/m0/s1. The van der Waals surface area contributed by atoms with Crippen LogP contribution < -0.4 is 0 Å². The van der Waals surface area contributed by atoms with Crippen LogP contribution in [0.4, 0.5) is 26.3 Å². The Kier molecular flexibility index (Phi) is 7.21. The van der Waals surface area contributed by atoms with Crippen molar-refractivity contribution in [2.75, 3.05) is 7.11 Å². The summed E-state index contributed by atoms with van der Waals surface area (Å²) in [5.41, 5.74) is -6.82. The summed E-state index contributed by atoms with van der Waals surface area (Å²) in [6.07, 6.45) is -8.56. The van der Waals surface area contributed by atoms with E-state index in [0.717, 1.165) is 30.9 Å². The molecule has 1 saturated heterocycles. The normalized spacial score (nSPS) is 25.3. The van der Waals surface area contributed by atoms with Crippen LogP contribution in [0.1, 0.15) is 42.5 Å². The molecule has 2 aromatic rings. The van der Waals surface area contributed by atoms with Gasteiger partial charge in [-0.2, -0.15) is 26.3 Å². The van der Waals surface area contributed by atoms with E-state index in [2.05, 4.69) is 4.74 Å². The second-order valence-corrected chi connectivity index (χ2v) is 9.63. The number of rotatable bonds is 6. The van der Waals surface area contributed by atoms with E-state index in [1.807, 2.05) is 6.92 Å². The summed E-state index contributed by atoms with van der Waals surface area (Å²) in [7, 11) is 0.995. The van der Waals surface area contributed by atoms with Crippen LogP contribution in [-0.2, 0) is 37.5 Å². The maximum absolute atomic E-state index is 15.0. The molecule has 208 valence electrons. The van der Waals surface area contributed by atoms with Crippen LogP contribution in [0.2, 0.25) is 0 Å². The van der Waals surface area contributed by atoms with Crippen molar-refractivity contribution >= 4 is 17.5 Å². The molecule has 4 nitrogen and oxygen atoms in total. The lowest BCUT2D eigenvalue weighted by Gasteiger charge is -2.36. The molecule has 2 aliphatic rings. The molecule has 0 bridgehead atoms. The zero-order valence-electron chi connectivity index (χ0n) is 21.4. The number of ether oxygens (including phenoxy) is 2. The highest BCUT2D eigenvalue weighted by Crippen LogP contribution is 2.65. The minimum Gasteiger partial charge on any atom is -0.466 e. The van der Waals surface area contributed by atoms with Crippen molar-refractivity contribution in [2.45, 2.75) is 51.1 Å². The summed E-state index contributed by atoms with van der Waals surface area (Å²) in [4.78, 5) is 25.9. The molecule has 0 saturated carbocycles. The van der Waals surface area contributed by atoms with E-state index in [1.165, 1.54) is 36.4 Å². The smallest absolute Gasteiger partial charge is 0.433 e. The molecule has 10 heteroatoms. The summed E-state index contributed by atoms with van der Waals surface area (Å²) >= 11 is 0. The molecule has 0 radical (unpaired) electrons. The Morgan fingerprint density at radius 2 is 1.51 bits per heavy atom. The van der Waals surface area contributed by atoms with Gasteiger partial charge in [0.1, 0.15) is 5.41 Å². The SMILES string of the molecule is CCc1ccc(/C(=C\[C@@]23C=C(C(=O)OC)C[C@@H]2[C@@](c2ccc(CC)cc2)(C(F)(F)F)OC3=O)C(F)(F)F)cc1. The fourth-order valence-electron chi connectivity index (χ4n) is 5.45. The summed E-state index contributed by atoms with van der Waals surface area (Å²) < 4.78 is 98.0. The fourth-order valence-corrected chi connectivity index (χ4v) is 5.45. The molecular weight excluding hydrogens is 526 g/mol.